The number of halogens is 1. The van der Waals surface area contributed by atoms with Crippen molar-refractivity contribution in [1.82, 2.24) is 14.9 Å². The maximum Gasteiger partial charge on any atom is 0.274 e. The largest absolute Gasteiger partial charge is 0.508 e. The van der Waals surface area contributed by atoms with Crippen molar-refractivity contribution in [3.63, 3.8) is 0 Å². The summed E-state index contributed by atoms with van der Waals surface area (Å²) in [4.78, 5) is 21.3. The van der Waals surface area contributed by atoms with Crippen molar-refractivity contribution in [2.75, 3.05) is 7.05 Å². The molecule has 0 saturated heterocycles. The Morgan fingerprint density at radius 1 is 1.32 bits per heavy atom. The quantitative estimate of drug-likeness (QED) is 0.933. The molecule has 1 heterocycles. The Balaban J connectivity index is 2.09. The van der Waals surface area contributed by atoms with Gasteiger partial charge in [-0.3, -0.25) is 9.78 Å². The molecule has 5 nitrogen and oxygen atoms in total. The van der Waals surface area contributed by atoms with Crippen molar-refractivity contribution >= 4 is 17.5 Å². The number of carbonyl (C=O) groups excluding carboxylic acids is 1. The first-order valence-corrected chi connectivity index (χ1v) is 5.95. The van der Waals surface area contributed by atoms with Gasteiger partial charge in [-0.15, -0.1) is 0 Å². The predicted molar refractivity (Wildman–Crippen MR) is 70.9 cm³/mol. The van der Waals surface area contributed by atoms with Crippen LogP contribution in [0.15, 0.2) is 36.7 Å². The number of hydrogen-bond acceptors (Lipinski definition) is 4. The summed E-state index contributed by atoms with van der Waals surface area (Å²) in [5, 5.41) is 9.38. The Bertz CT molecular complexity index is 587. The van der Waals surface area contributed by atoms with Gasteiger partial charge < -0.3 is 10.0 Å². The van der Waals surface area contributed by atoms with E-state index in [1.807, 2.05) is 0 Å². The molecule has 1 aromatic heterocycles. The lowest BCUT2D eigenvalue weighted by atomic mass is 10.2. The first-order valence-electron chi connectivity index (χ1n) is 5.57. The van der Waals surface area contributed by atoms with Gasteiger partial charge in [-0.05, 0) is 17.7 Å². The van der Waals surface area contributed by atoms with Gasteiger partial charge in [-0.25, -0.2) is 4.98 Å². The summed E-state index contributed by atoms with van der Waals surface area (Å²) < 4.78 is 0. The SMILES string of the molecule is CN(Cc1ccc(O)cc1)C(=O)c1cncc(Cl)n1. The van der Waals surface area contributed by atoms with E-state index >= 15 is 0 Å². The second kappa shape index (κ2) is 5.67. The molecule has 0 atom stereocenters. The number of phenolic OH excluding ortho intramolecular Hbond substituents is 1. The van der Waals surface area contributed by atoms with E-state index in [4.69, 9.17) is 11.6 Å². The standard InChI is InChI=1S/C13H12ClN3O2/c1-17(8-9-2-4-10(18)5-3-9)13(19)11-6-15-7-12(14)16-11/h2-7,18H,8H2,1H3. The lowest BCUT2D eigenvalue weighted by molar-refractivity contribution is 0.0779. The fourth-order valence-corrected chi connectivity index (χ4v) is 1.74. The fraction of sp³-hybridized carbons (Fsp3) is 0.154. The molecule has 0 spiro atoms. The smallest absolute Gasteiger partial charge is 0.274 e. The number of phenols is 1. The van der Waals surface area contributed by atoms with Crippen LogP contribution in [0, 0.1) is 0 Å². The minimum atomic E-state index is -0.261. The number of aromatic hydroxyl groups is 1. The van der Waals surface area contributed by atoms with Gasteiger partial charge in [-0.2, -0.15) is 0 Å². The highest BCUT2D eigenvalue weighted by Crippen LogP contribution is 2.12. The van der Waals surface area contributed by atoms with E-state index in [1.54, 1.807) is 31.3 Å². The fourth-order valence-electron chi connectivity index (χ4n) is 1.59. The maximum absolute atomic E-state index is 12.1. The highest BCUT2D eigenvalue weighted by atomic mass is 35.5. The summed E-state index contributed by atoms with van der Waals surface area (Å²) >= 11 is 5.70. The third-order valence-electron chi connectivity index (χ3n) is 2.53. The summed E-state index contributed by atoms with van der Waals surface area (Å²) in [7, 11) is 1.66. The van der Waals surface area contributed by atoms with Crippen LogP contribution in [0.3, 0.4) is 0 Å². The van der Waals surface area contributed by atoms with Gasteiger partial charge in [0.2, 0.25) is 0 Å². The second-order valence-corrected chi connectivity index (χ2v) is 4.44. The first-order chi connectivity index (χ1) is 9.06. The predicted octanol–water partition coefficient (Wildman–Crippen LogP) is 2.11. The lowest BCUT2D eigenvalue weighted by Crippen LogP contribution is -2.27. The summed E-state index contributed by atoms with van der Waals surface area (Å²) in [6.07, 6.45) is 2.75. The Morgan fingerprint density at radius 2 is 2.00 bits per heavy atom. The van der Waals surface area contributed by atoms with Gasteiger partial charge in [0, 0.05) is 13.6 Å². The Labute approximate surface area is 115 Å². The molecule has 0 aliphatic heterocycles. The molecular formula is C13H12ClN3O2. The summed E-state index contributed by atoms with van der Waals surface area (Å²) in [6, 6.07) is 6.66. The van der Waals surface area contributed by atoms with E-state index in [-0.39, 0.29) is 22.5 Å². The van der Waals surface area contributed by atoms with Gasteiger partial charge in [0.15, 0.2) is 0 Å². The molecule has 1 aromatic carbocycles. The Hall–Kier alpha value is -2.14. The molecule has 2 rings (SSSR count). The molecular weight excluding hydrogens is 266 g/mol. The van der Waals surface area contributed by atoms with Gasteiger partial charge in [0.1, 0.15) is 16.6 Å². The molecule has 0 aliphatic carbocycles. The average Bonchev–Trinajstić information content (AvgIpc) is 2.40. The van der Waals surface area contributed by atoms with Crippen molar-refractivity contribution in [2.45, 2.75) is 6.54 Å². The van der Waals surface area contributed by atoms with E-state index < -0.39 is 0 Å². The third-order valence-corrected chi connectivity index (χ3v) is 2.71. The Kier molecular flexibility index (Phi) is 3.97. The molecule has 2 aromatic rings. The minimum Gasteiger partial charge on any atom is -0.508 e. The van der Waals surface area contributed by atoms with Crippen molar-refractivity contribution in [3.8, 4) is 5.75 Å². The molecule has 6 heteroatoms. The zero-order valence-electron chi connectivity index (χ0n) is 10.2. The molecule has 1 N–H and O–H groups in total. The number of nitrogens with zero attached hydrogens (tertiary/aromatic N) is 3. The number of amides is 1. The van der Waals surface area contributed by atoms with E-state index in [0.717, 1.165) is 5.56 Å². The van der Waals surface area contributed by atoms with Crippen LogP contribution in [0.2, 0.25) is 5.15 Å². The zero-order chi connectivity index (χ0) is 13.8. The molecule has 0 unspecified atom stereocenters. The average molecular weight is 278 g/mol. The van der Waals surface area contributed by atoms with Gasteiger partial charge in [0.25, 0.3) is 5.91 Å². The molecule has 19 heavy (non-hydrogen) atoms. The number of hydrogen-bond donors (Lipinski definition) is 1. The zero-order valence-corrected chi connectivity index (χ0v) is 11.0. The highest BCUT2D eigenvalue weighted by molar-refractivity contribution is 6.29. The van der Waals surface area contributed by atoms with Crippen LogP contribution < -0.4 is 0 Å². The van der Waals surface area contributed by atoms with E-state index in [9.17, 15) is 9.90 Å². The minimum absolute atomic E-state index is 0.184. The molecule has 1 amide bonds. The number of benzene rings is 1. The maximum atomic E-state index is 12.1. The molecule has 0 saturated carbocycles. The Morgan fingerprint density at radius 3 is 2.63 bits per heavy atom. The van der Waals surface area contributed by atoms with Crippen LogP contribution >= 0.6 is 11.6 Å². The number of aromatic nitrogens is 2. The van der Waals surface area contributed by atoms with Crippen LogP contribution in [0.25, 0.3) is 0 Å². The lowest BCUT2D eigenvalue weighted by Gasteiger charge is -2.16. The number of rotatable bonds is 3. The monoisotopic (exact) mass is 277 g/mol. The van der Waals surface area contributed by atoms with Crippen molar-refractivity contribution < 1.29 is 9.90 Å². The van der Waals surface area contributed by atoms with E-state index in [2.05, 4.69) is 9.97 Å². The van der Waals surface area contributed by atoms with Crippen LogP contribution in [0.5, 0.6) is 5.75 Å². The molecule has 98 valence electrons. The van der Waals surface area contributed by atoms with Crippen LogP contribution in [0.1, 0.15) is 16.1 Å². The molecule has 0 fully saturated rings. The molecule has 0 bridgehead atoms. The van der Waals surface area contributed by atoms with Crippen molar-refractivity contribution in [1.29, 1.82) is 0 Å². The highest BCUT2D eigenvalue weighted by Gasteiger charge is 2.14. The number of carbonyl (C=O) groups is 1. The van der Waals surface area contributed by atoms with Gasteiger partial charge in [-0.1, -0.05) is 23.7 Å². The van der Waals surface area contributed by atoms with Crippen molar-refractivity contribution in [2.24, 2.45) is 0 Å². The van der Waals surface area contributed by atoms with Crippen LogP contribution in [0.4, 0.5) is 0 Å². The second-order valence-electron chi connectivity index (χ2n) is 4.05. The van der Waals surface area contributed by atoms with Gasteiger partial charge >= 0.3 is 0 Å². The van der Waals surface area contributed by atoms with E-state index in [1.165, 1.54) is 17.3 Å². The summed E-state index contributed by atoms with van der Waals surface area (Å²) in [5.41, 5.74) is 1.11. The van der Waals surface area contributed by atoms with Crippen LogP contribution in [-0.4, -0.2) is 32.9 Å². The normalized spacial score (nSPS) is 10.2. The summed E-state index contributed by atoms with van der Waals surface area (Å²) in [6.45, 7) is 0.410. The van der Waals surface area contributed by atoms with Gasteiger partial charge in [0.05, 0.1) is 12.4 Å². The third kappa shape index (κ3) is 3.42. The topological polar surface area (TPSA) is 66.3 Å². The summed E-state index contributed by atoms with van der Waals surface area (Å²) in [5.74, 6) is -0.0680. The molecule has 0 aliphatic rings. The van der Waals surface area contributed by atoms with Crippen molar-refractivity contribution in [3.05, 3.63) is 53.1 Å². The van der Waals surface area contributed by atoms with Crippen LogP contribution in [-0.2, 0) is 6.54 Å². The molecule has 0 radical (unpaired) electrons. The van der Waals surface area contributed by atoms with E-state index in [0.29, 0.717) is 6.54 Å². The first kappa shape index (κ1) is 13.3.